The van der Waals surface area contributed by atoms with E-state index < -0.39 is 0 Å². The van der Waals surface area contributed by atoms with Crippen molar-refractivity contribution in [3.8, 4) is 0 Å². The Labute approximate surface area is 138 Å². The van der Waals surface area contributed by atoms with E-state index in [0.29, 0.717) is 42.9 Å². The van der Waals surface area contributed by atoms with Gasteiger partial charge in [-0.3, -0.25) is 4.79 Å². The van der Waals surface area contributed by atoms with E-state index in [4.69, 9.17) is 4.42 Å². The van der Waals surface area contributed by atoms with Crippen molar-refractivity contribution in [2.24, 2.45) is 0 Å². The fraction of sp³-hybridized carbons (Fsp3) is 0.353. The number of benzene rings is 1. The number of imidazole rings is 1. The maximum absolute atomic E-state index is 13.2. The van der Waals surface area contributed by atoms with Crippen molar-refractivity contribution in [3.63, 3.8) is 0 Å². The number of aromatic amines is 1. The van der Waals surface area contributed by atoms with Gasteiger partial charge in [0, 0.05) is 19.4 Å². The van der Waals surface area contributed by atoms with Gasteiger partial charge in [-0.05, 0) is 31.5 Å². The minimum absolute atomic E-state index is 0.258. The van der Waals surface area contributed by atoms with Gasteiger partial charge in [-0.2, -0.15) is 0 Å². The summed E-state index contributed by atoms with van der Waals surface area (Å²) in [5, 5.41) is 2.82. The lowest BCUT2D eigenvalue weighted by Gasteiger charge is -2.02. The van der Waals surface area contributed by atoms with Gasteiger partial charge in [0.1, 0.15) is 11.6 Å². The van der Waals surface area contributed by atoms with Crippen molar-refractivity contribution in [1.29, 1.82) is 0 Å². The minimum Gasteiger partial charge on any atom is -0.435 e. The lowest BCUT2D eigenvalue weighted by Crippen LogP contribution is -2.25. The molecule has 0 saturated carbocycles. The normalized spacial score (nSPS) is 11.1. The number of halogens is 1. The maximum Gasteiger partial charge on any atom is 0.289 e. The zero-order chi connectivity index (χ0) is 17.1. The topological polar surface area (TPSA) is 83.8 Å². The highest BCUT2D eigenvalue weighted by Gasteiger charge is 2.16. The predicted molar refractivity (Wildman–Crippen MR) is 87.3 cm³/mol. The number of oxazole rings is 1. The van der Waals surface area contributed by atoms with Crippen LogP contribution in [-0.4, -0.2) is 27.4 Å². The molecule has 0 bridgehead atoms. The van der Waals surface area contributed by atoms with Gasteiger partial charge in [0.2, 0.25) is 5.76 Å². The number of rotatable bonds is 6. The fourth-order valence-corrected chi connectivity index (χ4v) is 2.51. The predicted octanol–water partition coefficient (Wildman–Crippen LogP) is 2.92. The fourth-order valence-electron chi connectivity index (χ4n) is 2.51. The molecule has 2 N–H and O–H groups in total. The summed E-state index contributed by atoms with van der Waals surface area (Å²) in [6.07, 6.45) is 2.02. The Morgan fingerprint density at radius 3 is 2.96 bits per heavy atom. The highest BCUT2D eigenvalue weighted by atomic mass is 19.1. The van der Waals surface area contributed by atoms with Crippen LogP contribution in [0.3, 0.4) is 0 Å². The first-order chi connectivity index (χ1) is 11.6. The summed E-state index contributed by atoms with van der Waals surface area (Å²) >= 11 is 0. The Bertz CT molecular complexity index is 869. The number of amides is 1. The van der Waals surface area contributed by atoms with Crippen LogP contribution in [0.25, 0.3) is 11.0 Å². The molecule has 126 valence electrons. The summed E-state index contributed by atoms with van der Waals surface area (Å²) in [6.45, 7) is 4.17. The van der Waals surface area contributed by atoms with Gasteiger partial charge in [0.25, 0.3) is 5.91 Å². The molecule has 7 heteroatoms. The van der Waals surface area contributed by atoms with Crippen molar-refractivity contribution in [2.45, 2.75) is 33.1 Å². The van der Waals surface area contributed by atoms with Crippen LogP contribution in [0.2, 0.25) is 0 Å². The summed E-state index contributed by atoms with van der Waals surface area (Å²) in [5.74, 6) is 1.05. The molecule has 3 aromatic rings. The van der Waals surface area contributed by atoms with Crippen molar-refractivity contribution in [2.75, 3.05) is 6.54 Å². The van der Waals surface area contributed by atoms with E-state index in [-0.39, 0.29) is 17.5 Å². The molecule has 6 nitrogen and oxygen atoms in total. The lowest BCUT2D eigenvalue weighted by molar-refractivity contribution is 0.0923. The average molecular weight is 330 g/mol. The van der Waals surface area contributed by atoms with Crippen molar-refractivity contribution in [1.82, 2.24) is 20.3 Å². The third kappa shape index (κ3) is 3.45. The Balaban J connectivity index is 1.52. The zero-order valence-corrected chi connectivity index (χ0v) is 13.6. The van der Waals surface area contributed by atoms with E-state index in [9.17, 15) is 9.18 Å². The number of aryl methyl sites for hydroxylation is 3. The van der Waals surface area contributed by atoms with Crippen molar-refractivity contribution < 1.29 is 13.6 Å². The second-order valence-electron chi connectivity index (χ2n) is 5.58. The van der Waals surface area contributed by atoms with E-state index in [1.807, 2.05) is 6.92 Å². The molecule has 0 saturated heterocycles. The van der Waals surface area contributed by atoms with Gasteiger partial charge in [0.15, 0.2) is 5.89 Å². The summed E-state index contributed by atoms with van der Waals surface area (Å²) in [5.41, 5.74) is 2.02. The van der Waals surface area contributed by atoms with Gasteiger partial charge < -0.3 is 14.7 Å². The number of aromatic nitrogens is 3. The van der Waals surface area contributed by atoms with Gasteiger partial charge in [-0.15, -0.1) is 0 Å². The molecule has 0 spiro atoms. The second-order valence-corrected chi connectivity index (χ2v) is 5.58. The standard InChI is InChI=1S/C17H19FN4O2/c1-3-15-20-10(2)16(24-15)17(23)19-8-4-5-14-21-12-7-6-11(18)9-13(12)22-14/h6-7,9H,3-5,8H2,1-2H3,(H,19,23)(H,21,22). The van der Waals surface area contributed by atoms with Crippen LogP contribution in [0.15, 0.2) is 22.6 Å². The van der Waals surface area contributed by atoms with Crippen LogP contribution >= 0.6 is 0 Å². The molecule has 3 rings (SSSR count). The van der Waals surface area contributed by atoms with Crippen LogP contribution in [-0.2, 0) is 12.8 Å². The van der Waals surface area contributed by atoms with Crippen LogP contribution in [0, 0.1) is 12.7 Å². The summed E-state index contributed by atoms with van der Waals surface area (Å²) in [6, 6.07) is 4.45. The average Bonchev–Trinajstić information content (AvgIpc) is 3.13. The summed E-state index contributed by atoms with van der Waals surface area (Å²) in [7, 11) is 0. The molecule has 0 aliphatic heterocycles. The number of H-pyrrole nitrogens is 1. The highest BCUT2D eigenvalue weighted by molar-refractivity contribution is 5.92. The van der Waals surface area contributed by atoms with E-state index in [1.165, 1.54) is 12.1 Å². The lowest BCUT2D eigenvalue weighted by atomic mass is 10.3. The molecule has 1 amide bonds. The molecule has 1 aromatic carbocycles. The van der Waals surface area contributed by atoms with Crippen LogP contribution < -0.4 is 5.32 Å². The third-order valence-corrected chi connectivity index (χ3v) is 3.72. The molecule has 0 radical (unpaired) electrons. The SMILES string of the molecule is CCc1nc(C)c(C(=O)NCCCc2nc3ccc(F)cc3[nH]2)o1. The Kier molecular flexibility index (Phi) is 4.59. The van der Waals surface area contributed by atoms with E-state index in [1.54, 1.807) is 13.0 Å². The summed E-state index contributed by atoms with van der Waals surface area (Å²) < 4.78 is 18.6. The smallest absolute Gasteiger partial charge is 0.289 e. The Morgan fingerprint density at radius 2 is 2.21 bits per heavy atom. The first-order valence-corrected chi connectivity index (χ1v) is 7.95. The molecular weight excluding hydrogens is 311 g/mol. The molecule has 0 fully saturated rings. The van der Waals surface area contributed by atoms with E-state index >= 15 is 0 Å². The summed E-state index contributed by atoms with van der Waals surface area (Å²) in [4.78, 5) is 23.7. The second kappa shape index (κ2) is 6.82. The first kappa shape index (κ1) is 16.2. The number of hydrogen-bond acceptors (Lipinski definition) is 4. The largest absolute Gasteiger partial charge is 0.435 e. The third-order valence-electron chi connectivity index (χ3n) is 3.72. The number of nitrogens with one attached hydrogen (secondary N) is 2. The van der Waals surface area contributed by atoms with E-state index in [2.05, 4.69) is 20.3 Å². The molecule has 2 aromatic heterocycles. The Hall–Kier alpha value is -2.70. The van der Waals surface area contributed by atoms with Crippen LogP contribution in [0.4, 0.5) is 4.39 Å². The van der Waals surface area contributed by atoms with Gasteiger partial charge in [-0.25, -0.2) is 14.4 Å². The molecule has 2 heterocycles. The highest BCUT2D eigenvalue weighted by Crippen LogP contribution is 2.14. The van der Waals surface area contributed by atoms with Gasteiger partial charge in [-0.1, -0.05) is 6.92 Å². The van der Waals surface area contributed by atoms with Crippen LogP contribution in [0.5, 0.6) is 0 Å². The number of carbonyl (C=O) groups is 1. The quantitative estimate of drug-likeness (QED) is 0.681. The van der Waals surface area contributed by atoms with E-state index in [0.717, 1.165) is 11.3 Å². The van der Waals surface area contributed by atoms with Crippen molar-refractivity contribution >= 4 is 16.9 Å². The number of fused-ring (bicyclic) bond motifs is 1. The minimum atomic E-state index is -0.293. The van der Waals surface area contributed by atoms with Gasteiger partial charge in [0.05, 0.1) is 16.7 Å². The number of hydrogen-bond donors (Lipinski definition) is 2. The van der Waals surface area contributed by atoms with Crippen molar-refractivity contribution in [3.05, 3.63) is 47.2 Å². The Morgan fingerprint density at radius 1 is 1.38 bits per heavy atom. The zero-order valence-electron chi connectivity index (χ0n) is 13.6. The van der Waals surface area contributed by atoms with Crippen LogP contribution in [0.1, 0.15) is 41.3 Å². The first-order valence-electron chi connectivity index (χ1n) is 7.95. The molecule has 0 aliphatic rings. The number of carbonyl (C=O) groups excluding carboxylic acids is 1. The van der Waals surface area contributed by atoms with Gasteiger partial charge >= 0.3 is 0 Å². The monoisotopic (exact) mass is 330 g/mol. The molecule has 0 unspecified atom stereocenters. The molecule has 24 heavy (non-hydrogen) atoms. The molecular formula is C17H19FN4O2. The molecule has 0 atom stereocenters. The maximum atomic E-state index is 13.2. The number of nitrogens with zero attached hydrogens (tertiary/aromatic N) is 2. The molecule has 0 aliphatic carbocycles.